The highest BCUT2D eigenvalue weighted by Gasteiger charge is 2.00. The quantitative estimate of drug-likeness (QED) is 0.705. The molecule has 13 heavy (non-hydrogen) atoms. The Morgan fingerprint density at radius 2 is 2.23 bits per heavy atom. The molecule has 0 aliphatic carbocycles. The smallest absolute Gasteiger partial charge is 0.140 e. The van der Waals surface area contributed by atoms with Crippen molar-refractivity contribution >= 4 is 5.82 Å². The summed E-state index contributed by atoms with van der Waals surface area (Å²) in [6.45, 7) is 1.97. The summed E-state index contributed by atoms with van der Waals surface area (Å²) in [5.74, 6) is 1.32. The topological polar surface area (TPSA) is 56.7 Å². The van der Waals surface area contributed by atoms with Gasteiger partial charge in [0.05, 0.1) is 0 Å². The number of imidazole rings is 1. The van der Waals surface area contributed by atoms with Gasteiger partial charge in [-0.15, -0.1) is 0 Å². The molecule has 0 spiro atoms. The molecule has 0 aliphatic rings. The first-order valence-corrected chi connectivity index (χ1v) is 3.99. The van der Waals surface area contributed by atoms with E-state index in [9.17, 15) is 0 Å². The average Bonchev–Trinajstić information content (AvgIpc) is 2.51. The molecule has 4 heteroatoms. The first-order chi connectivity index (χ1) is 6.27. The van der Waals surface area contributed by atoms with Crippen molar-refractivity contribution in [1.82, 2.24) is 14.5 Å². The number of aryl methyl sites for hydroxylation is 1. The number of aromatic nitrogens is 3. The van der Waals surface area contributed by atoms with Gasteiger partial charge in [-0.3, -0.25) is 4.57 Å². The average molecular weight is 174 g/mol. The summed E-state index contributed by atoms with van der Waals surface area (Å²) in [5, 5.41) is 0. The molecular formula is C9H10N4. The van der Waals surface area contributed by atoms with E-state index in [1.165, 1.54) is 0 Å². The maximum absolute atomic E-state index is 5.57. The van der Waals surface area contributed by atoms with Crippen molar-refractivity contribution in [1.29, 1.82) is 0 Å². The Hall–Kier alpha value is -1.84. The molecule has 4 nitrogen and oxygen atoms in total. The van der Waals surface area contributed by atoms with Crippen LogP contribution in [0.3, 0.4) is 0 Å². The molecule has 0 amide bonds. The van der Waals surface area contributed by atoms with Crippen molar-refractivity contribution in [3.63, 3.8) is 0 Å². The van der Waals surface area contributed by atoms with Gasteiger partial charge in [0, 0.05) is 11.9 Å². The number of hydrogen-bond acceptors (Lipinski definition) is 3. The van der Waals surface area contributed by atoms with Crippen LogP contribution in [0, 0.1) is 6.92 Å². The highest BCUT2D eigenvalue weighted by atomic mass is 15.1. The number of hydrogen-bond donors (Lipinski definition) is 1. The van der Waals surface area contributed by atoms with E-state index in [1.54, 1.807) is 18.6 Å². The molecule has 0 radical (unpaired) electrons. The Kier molecular flexibility index (Phi) is 1.73. The van der Waals surface area contributed by atoms with Crippen LogP contribution in [0.2, 0.25) is 0 Å². The van der Waals surface area contributed by atoms with Gasteiger partial charge in [-0.1, -0.05) is 6.07 Å². The van der Waals surface area contributed by atoms with E-state index >= 15 is 0 Å². The van der Waals surface area contributed by atoms with E-state index in [4.69, 9.17) is 5.73 Å². The van der Waals surface area contributed by atoms with Crippen LogP contribution < -0.4 is 5.73 Å². The van der Waals surface area contributed by atoms with Crippen LogP contribution in [0.5, 0.6) is 0 Å². The summed E-state index contributed by atoms with van der Waals surface area (Å²) < 4.78 is 1.89. The largest absolute Gasteiger partial charge is 0.384 e. The van der Waals surface area contributed by atoms with Crippen LogP contribution in [0.25, 0.3) is 5.82 Å². The number of nitrogens with two attached hydrogens (primary N) is 1. The van der Waals surface area contributed by atoms with E-state index in [-0.39, 0.29) is 0 Å². The van der Waals surface area contributed by atoms with Gasteiger partial charge < -0.3 is 5.73 Å². The van der Waals surface area contributed by atoms with Crippen LogP contribution >= 0.6 is 0 Å². The zero-order valence-electron chi connectivity index (χ0n) is 7.31. The normalized spacial score (nSPS) is 10.2. The van der Waals surface area contributed by atoms with Crippen LogP contribution in [0.1, 0.15) is 5.69 Å². The predicted octanol–water partition coefficient (Wildman–Crippen LogP) is 1.16. The van der Waals surface area contributed by atoms with E-state index < -0.39 is 0 Å². The van der Waals surface area contributed by atoms with Crippen LogP contribution in [-0.2, 0) is 0 Å². The second-order valence-corrected chi connectivity index (χ2v) is 2.83. The summed E-state index contributed by atoms with van der Waals surface area (Å²) in [4.78, 5) is 8.19. The van der Waals surface area contributed by atoms with Crippen LogP contribution in [0.15, 0.2) is 30.7 Å². The van der Waals surface area contributed by atoms with Crippen molar-refractivity contribution in [2.75, 3.05) is 5.73 Å². The van der Waals surface area contributed by atoms with Crippen molar-refractivity contribution in [3.8, 4) is 5.82 Å². The Bertz CT molecular complexity index is 419. The van der Waals surface area contributed by atoms with Crippen LogP contribution in [-0.4, -0.2) is 14.5 Å². The Morgan fingerprint density at radius 3 is 2.85 bits per heavy atom. The molecule has 2 rings (SSSR count). The van der Waals surface area contributed by atoms with E-state index in [1.807, 2.05) is 23.6 Å². The maximum atomic E-state index is 5.57. The van der Waals surface area contributed by atoms with Crippen molar-refractivity contribution in [3.05, 3.63) is 36.4 Å². The van der Waals surface area contributed by atoms with Gasteiger partial charge in [-0.2, -0.15) is 0 Å². The number of nitrogens with zero attached hydrogens (tertiary/aromatic N) is 3. The molecule has 2 aromatic heterocycles. The Balaban J connectivity index is 2.53. The fraction of sp³-hybridized carbons (Fsp3) is 0.111. The minimum atomic E-state index is 0.519. The molecule has 0 unspecified atom stereocenters. The lowest BCUT2D eigenvalue weighted by molar-refractivity contribution is 0.956. The lowest BCUT2D eigenvalue weighted by Crippen LogP contribution is -2.00. The molecule has 0 aliphatic heterocycles. The second-order valence-electron chi connectivity index (χ2n) is 2.83. The summed E-state index contributed by atoms with van der Waals surface area (Å²) in [5.41, 5.74) is 6.61. The Morgan fingerprint density at radius 1 is 1.38 bits per heavy atom. The first kappa shape index (κ1) is 7.79. The minimum absolute atomic E-state index is 0.519. The summed E-state index contributed by atoms with van der Waals surface area (Å²) in [6, 6.07) is 5.53. The molecule has 0 bridgehead atoms. The Labute approximate surface area is 76.1 Å². The van der Waals surface area contributed by atoms with E-state index in [2.05, 4.69) is 9.97 Å². The minimum Gasteiger partial charge on any atom is -0.384 e. The molecule has 2 N–H and O–H groups in total. The third kappa shape index (κ3) is 1.38. The third-order valence-electron chi connectivity index (χ3n) is 1.83. The summed E-state index contributed by atoms with van der Waals surface area (Å²) >= 11 is 0. The molecule has 2 aromatic rings. The lowest BCUT2D eigenvalue weighted by Gasteiger charge is -2.03. The highest BCUT2D eigenvalue weighted by molar-refractivity contribution is 5.36. The van der Waals surface area contributed by atoms with Crippen molar-refractivity contribution < 1.29 is 0 Å². The zero-order valence-corrected chi connectivity index (χ0v) is 7.31. The molecular weight excluding hydrogens is 164 g/mol. The van der Waals surface area contributed by atoms with Gasteiger partial charge in [0.2, 0.25) is 0 Å². The predicted molar refractivity (Wildman–Crippen MR) is 50.5 cm³/mol. The molecule has 66 valence electrons. The van der Waals surface area contributed by atoms with E-state index in [0.717, 1.165) is 11.5 Å². The molecule has 0 aromatic carbocycles. The zero-order chi connectivity index (χ0) is 9.26. The van der Waals surface area contributed by atoms with E-state index in [0.29, 0.717) is 5.82 Å². The van der Waals surface area contributed by atoms with Gasteiger partial charge in [0.25, 0.3) is 0 Å². The fourth-order valence-electron chi connectivity index (χ4n) is 1.17. The molecule has 0 saturated heterocycles. The van der Waals surface area contributed by atoms with Gasteiger partial charge in [0.1, 0.15) is 18.0 Å². The SMILES string of the molecule is Cc1cncn1-c1cccc(N)n1. The van der Waals surface area contributed by atoms with Gasteiger partial charge in [-0.25, -0.2) is 9.97 Å². The van der Waals surface area contributed by atoms with Crippen molar-refractivity contribution in [2.24, 2.45) is 0 Å². The van der Waals surface area contributed by atoms with Gasteiger partial charge in [-0.05, 0) is 19.1 Å². The summed E-state index contributed by atoms with van der Waals surface area (Å²) in [6.07, 6.45) is 3.50. The number of anilines is 1. The number of rotatable bonds is 1. The monoisotopic (exact) mass is 174 g/mol. The third-order valence-corrected chi connectivity index (χ3v) is 1.83. The maximum Gasteiger partial charge on any atom is 0.140 e. The standard InChI is InChI=1S/C9H10N4/c1-7-5-11-6-13(7)9-4-2-3-8(10)12-9/h2-6H,1H3,(H2,10,12). The van der Waals surface area contributed by atoms with Gasteiger partial charge >= 0.3 is 0 Å². The number of pyridine rings is 1. The lowest BCUT2D eigenvalue weighted by atomic mass is 10.4. The highest BCUT2D eigenvalue weighted by Crippen LogP contribution is 2.08. The first-order valence-electron chi connectivity index (χ1n) is 3.99. The summed E-state index contributed by atoms with van der Waals surface area (Å²) in [7, 11) is 0. The van der Waals surface area contributed by atoms with Gasteiger partial charge in [0.15, 0.2) is 0 Å². The molecule has 2 heterocycles. The number of nitrogen functional groups attached to an aromatic ring is 1. The fourth-order valence-corrected chi connectivity index (χ4v) is 1.17. The molecule has 0 fully saturated rings. The molecule has 0 atom stereocenters. The molecule has 0 saturated carbocycles. The second kappa shape index (κ2) is 2.90. The van der Waals surface area contributed by atoms with Crippen molar-refractivity contribution in [2.45, 2.75) is 6.92 Å². The van der Waals surface area contributed by atoms with Crippen LogP contribution in [0.4, 0.5) is 5.82 Å².